The van der Waals surface area contributed by atoms with E-state index in [2.05, 4.69) is 27.5 Å². The van der Waals surface area contributed by atoms with Crippen molar-refractivity contribution in [3.63, 3.8) is 0 Å². The fourth-order valence-corrected chi connectivity index (χ4v) is 3.57. The first-order valence-corrected chi connectivity index (χ1v) is 9.96. The average molecular weight is 365 g/mol. The van der Waals surface area contributed by atoms with Gasteiger partial charge in [0.2, 0.25) is 0 Å². The molecule has 21 heavy (non-hydrogen) atoms. The van der Waals surface area contributed by atoms with Crippen molar-refractivity contribution in [1.82, 2.24) is 9.97 Å². The Morgan fingerprint density at radius 1 is 1.33 bits per heavy atom. The molecule has 2 rings (SSSR count). The lowest BCUT2D eigenvalue weighted by atomic mass is 10.4. The van der Waals surface area contributed by atoms with Crippen LogP contribution >= 0.6 is 35.1 Å². The Labute approximate surface area is 141 Å². The largest absolute Gasteiger partial charge is 0.857 e. The summed E-state index contributed by atoms with van der Waals surface area (Å²) < 4.78 is 0. The highest BCUT2D eigenvalue weighted by molar-refractivity contribution is 7.95. The van der Waals surface area contributed by atoms with Gasteiger partial charge < -0.3 is 10.8 Å². The van der Waals surface area contributed by atoms with Crippen LogP contribution in [-0.2, 0) is 10.9 Å². The number of thiazole rings is 2. The fraction of sp³-hybridized carbons (Fsp3) is 0.417. The fourth-order valence-electron chi connectivity index (χ4n) is 1.49. The highest BCUT2D eigenvalue weighted by atomic mass is 35.5. The molecule has 2 aromatic rings. The quantitative estimate of drug-likeness (QED) is 0.365. The Balaban J connectivity index is 0.00000220. The van der Waals surface area contributed by atoms with E-state index in [1.165, 1.54) is 22.7 Å². The Hall–Kier alpha value is -0.830. The second kappa shape index (κ2) is 8.57. The van der Waals surface area contributed by atoms with Crippen LogP contribution in [0, 0.1) is 0 Å². The van der Waals surface area contributed by atoms with E-state index in [0.29, 0.717) is 33.3 Å². The van der Waals surface area contributed by atoms with E-state index in [1.54, 1.807) is 5.38 Å². The standard InChI is InChI=1S/C12H16N4OS3.ClH/c1-20(2)5-3-4-14-10(17)8-6-18-11(15-8)9-7-19-12(13)16-9;/h6-7H,3-5H2,1-2H3,(H2-,13,14,16,17);1H. The first-order chi connectivity index (χ1) is 9.56. The maximum atomic E-state index is 11.9. The maximum Gasteiger partial charge on any atom is 0.180 e. The van der Waals surface area contributed by atoms with Gasteiger partial charge in [-0.05, 0) is 10.9 Å². The molecule has 0 aliphatic heterocycles. The molecule has 0 radical (unpaired) electrons. The number of nitrogen functional groups attached to an aromatic ring is 1. The first kappa shape index (κ1) is 18.2. The van der Waals surface area contributed by atoms with Crippen molar-refractivity contribution in [2.75, 3.05) is 30.5 Å². The van der Waals surface area contributed by atoms with Crippen molar-refractivity contribution in [3.05, 3.63) is 16.5 Å². The molecule has 2 N–H and O–H groups in total. The predicted molar refractivity (Wildman–Crippen MR) is 95.0 cm³/mol. The Morgan fingerprint density at radius 2 is 2.10 bits per heavy atom. The summed E-state index contributed by atoms with van der Waals surface area (Å²) in [7, 11) is 0.403. The lowest BCUT2D eigenvalue weighted by Gasteiger charge is -2.06. The lowest BCUT2D eigenvalue weighted by molar-refractivity contribution is -0.213. The minimum Gasteiger partial charge on any atom is -0.857 e. The molecule has 0 aliphatic rings. The summed E-state index contributed by atoms with van der Waals surface area (Å²) in [5.41, 5.74) is 6.70. The van der Waals surface area contributed by atoms with E-state index in [9.17, 15) is 5.11 Å². The van der Waals surface area contributed by atoms with Gasteiger partial charge in [0.1, 0.15) is 16.5 Å². The van der Waals surface area contributed by atoms with Crippen molar-refractivity contribution in [2.45, 2.75) is 6.42 Å². The zero-order valence-electron chi connectivity index (χ0n) is 11.7. The van der Waals surface area contributed by atoms with Gasteiger partial charge in [-0.15, -0.1) is 35.1 Å². The smallest absolute Gasteiger partial charge is 0.180 e. The highest BCUT2D eigenvalue weighted by Gasteiger charge is 2.08. The van der Waals surface area contributed by atoms with E-state index in [4.69, 9.17) is 5.73 Å². The van der Waals surface area contributed by atoms with Crippen LogP contribution in [0.4, 0.5) is 5.13 Å². The molecule has 0 unspecified atom stereocenters. The molecular weight excluding hydrogens is 348 g/mol. The number of hydrogen-bond acceptors (Lipinski definition) is 7. The minimum absolute atomic E-state index is 0. The Kier molecular flexibility index (Phi) is 7.44. The number of aliphatic imine (C=N–C) groups is 1. The second-order valence-corrected chi connectivity index (χ2v) is 8.47. The summed E-state index contributed by atoms with van der Waals surface area (Å²) in [5.74, 6) is 0.861. The normalized spacial score (nSPS) is 11.7. The van der Waals surface area contributed by atoms with Crippen LogP contribution in [0.5, 0.6) is 0 Å². The number of nitrogens with two attached hydrogens (primary N) is 1. The van der Waals surface area contributed by atoms with Crippen molar-refractivity contribution in [1.29, 1.82) is 0 Å². The number of halogens is 1. The number of nitrogens with zero attached hydrogens (tertiary/aromatic N) is 3. The van der Waals surface area contributed by atoms with Crippen LogP contribution in [0.15, 0.2) is 15.8 Å². The molecule has 2 heterocycles. The summed E-state index contributed by atoms with van der Waals surface area (Å²) in [4.78, 5) is 12.5. The van der Waals surface area contributed by atoms with Crippen LogP contribution < -0.4 is 10.8 Å². The van der Waals surface area contributed by atoms with Gasteiger partial charge in [-0.2, -0.15) is 0 Å². The van der Waals surface area contributed by atoms with E-state index in [-0.39, 0.29) is 18.3 Å². The van der Waals surface area contributed by atoms with Gasteiger partial charge in [-0.1, -0.05) is 0 Å². The van der Waals surface area contributed by atoms with Crippen LogP contribution in [-0.4, -0.2) is 40.7 Å². The predicted octanol–water partition coefficient (Wildman–Crippen LogP) is 1.65. The zero-order valence-corrected chi connectivity index (χ0v) is 15.0. The molecule has 5 nitrogen and oxygen atoms in total. The third-order valence-corrected chi connectivity index (χ3v) is 5.07. The van der Waals surface area contributed by atoms with Gasteiger partial charge >= 0.3 is 0 Å². The zero-order chi connectivity index (χ0) is 14.5. The molecule has 0 saturated heterocycles. The third-order valence-electron chi connectivity index (χ3n) is 2.43. The summed E-state index contributed by atoms with van der Waals surface area (Å²) in [6, 6.07) is 0. The molecule has 0 atom stereocenters. The monoisotopic (exact) mass is 364 g/mol. The van der Waals surface area contributed by atoms with Crippen molar-refractivity contribution in [2.24, 2.45) is 4.99 Å². The third kappa shape index (κ3) is 5.46. The van der Waals surface area contributed by atoms with Crippen molar-refractivity contribution < 1.29 is 5.11 Å². The molecule has 0 fully saturated rings. The SMILES string of the molecule is C[S+](C)CCCN=C([O-])c1csc(-c2csc(N)n2)n1.Cl. The summed E-state index contributed by atoms with van der Waals surface area (Å²) >= 11 is 2.75. The van der Waals surface area contributed by atoms with Gasteiger partial charge in [-0.25, -0.2) is 9.97 Å². The van der Waals surface area contributed by atoms with Gasteiger partial charge in [-0.3, -0.25) is 4.99 Å². The van der Waals surface area contributed by atoms with Gasteiger partial charge in [0.25, 0.3) is 0 Å². The second-order valence-electron chi connectivity index (χ2n) is 4.34. The molecule has 2 aromatic heterocycles. The van der Waals surface area contributed by atoms with Crippen molar-refractivity contribution >= 4 is 57.0 Å². The molecular formula is C12H17ClN4OS3. The molecule has 116 valence electrons. The molecule has 0 aromatic carbocycles. The van der Waals surface area contributed by atoms with E-state index < -0.39 is 0 Å². The Morgan fingerprint density at radius 3 is 2.71 bits per heavy atom. The van der Waals surface area contributed by atoms with E-state index >= 15 is 0 Å². The minimum atomic E-state index is -0.247. The topological polar surface area (TPSA) is 87.2 Å². The number of hydrogen-bond donors (Lipinski definition) is 1. The molecule has 0 bridgehead atoms. The number of rotatable bonds is 6. The Bertz CT molecular complexity index is 597. The van der Waals surface area contributed by atoms with Gasteiger partial charge in [0.15, 0.2) is 5.13 Å². The van der Waals surface area contributed by atoms with Crippen LogP contribution in [0.1, 0.15) is 12.1 Å². The van der Waals surface area contributed by atoms with E-state index in [1.807, 2.05) is 5.38 Å². The molecule has 0 aliphatic carbocycles. The van der Waals surface area contributed by atoms with Crippen LogP contribution in [0.2, 0.25) is 0 Å². The highest BCUT2D eigenvalue weighted by Crippen LogP contribution is 2.26. The lowest BCUT2D eigenvalue weighted by Crippen LogP contribution is -2.20. The maximum absolute atomic E-state index is 11.9. The molecule has 0 amide bonds. The number of anilines is 1. The van der Waals surface area contributed by atoms with Gasteiger partial charge in [0, 0.05) is 29.6 Å². The van der Waals surface area contributed by atoms with Crippen molar-refractivity contribution in [3.8, 4) is 10.7 Å². The van der Waals surface area contributed by atoms with Crippen LogP contribution in [0.3, 0.4) is 0 Å². The summed E-state index contributed by atoms with van der Waals surface area (Å²) in [5, 5.41) is 16.6. The molecule has 0 spiro atoms. The first-order valence-electron chi connectivity index (χ1n) is 5.99. The van der Waals surface area contributed by atoms with Gasteiger partial charge in [0.05, 0.1) is 18.2 Å². The number of aromatic nitrogens is 2. The molecule has 9 heteroatoms. The average Bonchev–Trinajstić information content (AvgIpc) is 3.02. The van der Waals surface area contributed by atoms with Crippen LogP contribution in [0.25, 0.3) is 10.7 Å². The summed E-state index contributed by atoms with van der Waals surface area (Å²) in [6.07, 6.45) is 5.32. The van der Waals surface area contributed by atoms with E-state index in [0.717, 1.165) is 17.9 Å². The molecule has 0 saturated carbocycles. The summed E-state index contributed by atoms with van der Waals surface area (Å²) in [6.45, 7) is 0.570.